The summed E-state index contributed by atoms with van der Waals surface area (Å²) in [6.45, 7) is 12.9. The highest BCUT2D eigenvalue weighted by Gasteiger charge is 2.21. The van der Waals surface area contributed by atoms with Crippen LogP contribution in [-0.4, -0.2) is 0 Å². The summed E-state index contributed by atoms with van der Waals surface area (Å²) in [6.07, 6.45) is 14.6. The van der Waals surface area contributed by atoms with Gasteiger partial charge < -0.3 is 0 Å². The van der Waals surface area contributed by atoms with Gasteiger partial charge in [-0.05, 0) is 11.8 Å². The normalized spacial score (nSPS) is 14.7. The van der Waals surface area contributed by atoms with Crippen LogP contribution in [-0.2, 0) is 0 Å². The van der Waals surface area contributed by atoms with Gasteiger partial charge in [-0.2, -0.15) is 0 Å². The summed E-state index contributed by atoms with van der Waals surface area (Å²) >= 11 is 0. The zero-order valence-corrected chi connectivity index (χ0v) is 14.2. The van der Waals surface area contributed by atoms with Crippen molar-refractivity contribution in [2.45, 2.75) is 113 Å². The maximum Gasteiger partial charge on any atom is -0.0386 e. The Morgan fingerprint density at radius 2 is 1.16 bits per heavy atom. The monoisotopic (exact) mass is 272 g/mol. The van der Waals surface area contributed by atoms with Crippen molar-refractivity contribution in [2.75, 3.05) is 0 Å². The molecule has 0 nitrogen and oxygen atoms in total. The van der Waals surface area contributed by atoms with Crippen molar-refractivity contribution in [1.82, 2.24) is 0 Å². The predicted octanol–water partition coefficient (Wildman–Crippen LogP) is 7.86. The van der Waals surface area contributed by atoms with Gasteiger partial charge in [-0.3, -0.25) is 0 Å². The Bertz CT molecular complexity index is 116. The zero-order valence-electron chi connectivity index (χ0n) is 14.2. The van der Waals surface area contributed by atoms with Gasteiger partial charge in [0.2, 0.25) is 0 Å². The third kappa shape index (κ3) is 14.2. The van der Waals surface area contributed by atoms with Crippen molar-refractivity contribution in [3.05, 3.63) is 0 Å². The highest BCUT2D eigenvalue weighted by molar-refractivity contribution is 4.73. The first kappa shape index (κ1) is 24.0. The highest BCUT2D eigenvalue weighted by atomic mass is 14.3. The maximum absolute atomic E-state index is 2.34. The molecule has 0 radical (unpaired) electrons. The quantitative estimate of drug-likeness (QED) is 0.477. The molecule has 1 saturated carbocycles. The first-order valence-electron chi connectivity index (χ1n) is 8.79. The molecule has 0 aliphatic heterocycles. The molecule has 1 rings (SSSR count). The Kier molecular flexibility index (Phi) is 25.7. The zero-order chi connectivity index (χ0) is 14.2. The van der Waals surface area contributed by atoms with Gasteiger partial charge >= 0.3 is 0 Å². The molecule has 0 aromatic carbocycles. The van der Waals surface area contributed by atoms with Crippen LogP contribution in [0.2, 0.25) is 0 Å². The van der Waals surface area contributed by atoms with Gasteiger partial charge in [-0.15, -0.1) is 0 Å². The van der Waals surface area contributed by atoms with E-state index in [1.54, 1.807) is 0 Å². The fourth-order valence-electron chi connectivity index (χ4n) is 2.96. The summed E-state index contributed by atoms with van der Waals surface area (Å²) in [5.41, 5.74) is 0. The van der Waals surface area contributed by atoms with Gasteiger partial charge in [0.05, 0.1) is 0 Å². The molecule has 0 aromatic heterocycles. The Balaban J connectivity index is -0.000000376. The predicted molar refractivity (Wildman–Crippen MR) is 93.9 cm³/mol. The second-order valence-electron chi connectivity index (χ2n) is 5.44. The topological polar surface area (TPSA) is 0 Å². The van der Waals surface area contributed by atoms with Crippen molar-refractivity contribution in [2.24, 2.45) is 11.8 Å². The van der Waals surface area contributed by atoms with E-state index in [0.29, 0.717) is 0 Å². The molecular formula is C19H44. The van der Waals surface area contributed by atoms with Gasteiger partial charge in [0.15, 0.2) is 0 Å². The Morgan fingerprint density at radius 3 is 1.47 bits per heavy atom. The molecular weight excluding hydrogens is 228 g/mol. The number of hydrogen-bond acceptors (Lipinski definition) is 0. The van der Waals surface area contributed by atoms with Crippen molar-refractivity contribution in [3.63, 3.8) is 0 Å². The van der Waals surface area contributed by atoms with Crippen LogP contribution in [0.25, 0.3) is 0 Å². The maximum atomic E-state index is 2.34. The smallest absolute Gasteiger partial charge is 0.0386 e. The molecule has 0 saturated heterocycles. The van der Waals surface area contributed by atoms with Crippen LogP contribution in [0.3, 0.4) is 0 Å². The fourth-order valence-corrected chi connectivity index (χ4v) is 2.96. The molecule has 1 aliphatic carbocycles. The molecule has 0 amide bonds. The van der Waals surface area contributed by atoms with Gasteiger partial charge in [-0.1, -0.05) is 113 Å². The van der Waals surface area contributed by atoms with Crippen molar-refractivity contribution in [3.8, 4) is 0 Å². The summed E-state index contributed by atoms with van der Waals surface area (Å²) in [7, 11) is 0. The van der Waals surface area contributed by atoms with E-state index in [9.17, 15) is 0 Å². The molecule has 0 N–H and O–H groups in total. The van der Waals surface area contributed by atoms with E-state index in [2.05, 4.69) is 27.7 Å². The Morgan fingerprint density at radius 1 is 0.789 bits per heavy atom. The SMILES string of the molecule is C.CC.CCC.CCCC(CCC)C1CCCCC1. The van der Waals surface area contributed by atoms with Gasteiger partial charge in [0, 0.05) is 0 Å². The van der Waals surface area contributed by atoms with Crippen LogP contribution in [0, 0.1) is 11.8 Å². The molecule has 1 aliphatic rings. The summed E-state index contributed by atoms with van der Waals surface area (Å²) in [5.74, 6) is 2.16. The average Bonchev–Trinajstić information content (AvgIpc) is 2.43. The lowest BCUT2D eigenvalue weighted by atomic mass is 9.76. The summed E-state index contributed by atoms with van der Waals surface area (Å²) in [5, 5.41) is 0. The lowest BCUT2D eigenvalue weighted by Crippen LogP contribution is -2.17. The van der Waals surface area contributed by atoms with Crippen LogP contribution in [0.4, 0.5) is 0 Å². The minimum absolute atomic E-state index is 0. The summed E-state index contributed by atoms with van der Waals surface area (Å²) < 4.78 is 0. The van der Waals surface area contributed by atoms with Crippen molar-refractivity contribution in [1.29, 1.82) is 0 Å². The standard InChI is InChI=1S/C13H26.C3H8.C2H6.CH4/c1-3-8-12(9-4-2)13-10-6-5-7-11-13;1-3-2;1-2;/h12-13H,3-11H2,1-2H3;3H2,1-2H3;1-2H3;1H4. The minimum atomic E-state index is 0. The van der Waals surface area contributed by atoms with E-state index in [1.807, 2.05) is 13.8 Å². The van der Waals surface area contributed by atoms with Crippen molar-refractivity contribution < 1.29 is 0 Å². The van der Waals surface area contributed by atoms with Crippen LogP contribution >= 0.6 is 0 Å². The average molecular weight is 273 g/mol. The highest BCUT2D eigenvalue weighted by Crippen LogP contribution is 2.34. The van der Waals surface area contributed by atoms with E-state index in [-0.39, 0.29) is 7.43 Å². The third-order valence-corrected chi connectivity index (χ3v) is 3.64. The van der Waals surface area contributed by atoms with Gasteiger partial charge in [-0.25, -0.2) is 0 Å². The van der Waals surface area contributed by atoms with Crippen LogP contribution in [0.15, 0.2) is 0 Å². The van der Waals surface area contributed by atoms with E-state index in [4.69, 9.17) is 0 Å². The summed E-state index contributed by atoms with van der Waals surface area (Å²) in [4.78, 5) is 0. The second-order valence-corrected chi connectivity index (χ2v) is 5.44. The largest absolute Gasteiger partial charge is 0.0776 e. The lowest BCUT2D eigenvalue weighted by Gasteiger charge is -2.30. The third-order valence-electron chi connectivity index (χ3n) is 3.64. The van der Waals surface area contributed by atoms with Crippen LogP contribution < -0.4 is 0 Å². The molecule has 0 spiro atoms. The lowest BCUT2D eigenvalue weighted by molar-refractivity contribution is 0.222. The first-order valence-corrected chi connectivity index (χ1v) is 8.79. The summed E-state index contributed by atoms with van der Waals surface area (Å²) in [6, 6.07) is 0. The molecule has 0 heterocycles. The van der Waals surface area contributed by atoms with E-state index in [1.165, 1.54) is 64.2 Å². The van der Waals surface area contributed by atoms with Crippen LogP contribution in [0.1, 0.15) is 113 Å². The van der Waals surface area contributed by atoms with Gasteiger partial charge in [0.25, 0.3) is 0 Å². The molecule has 0 heteroatoms. The molecule has 0 aromatic rings. The molecule has 0 atom stereocenters. The molecule has 0 bridgehead atoms. The van der Waals surface area contributed by atoms with E-state index < -0.39 is 0 Å². The van der Waals surface area contributed by atoms with E-state index in [0.717, 1.165) is 11.8 Å². The Labute approximate surface area is 125 Å². The van der Waals surface area contributed by atoms with Gasteiger partial charge in [0.1, 0.15) is 0 Å². The second kappa shape index (κ2) is 20.3. The minimum Gasteiger partial charge on any atom is -0.0776 e. The molecule has 120 valence electrons. The fraction of sp³-hybridized carbons (Fsp3) is 1.00. The first-order chi connectivity index (χ1) is 8.79. The Hall–Kier alpha value is 0. The molecule has 1 fully saturated rings. The van der Waals surface area contributed by atoms with E-state index >= 15 is 0 Å². The molecule has 19 heavy (non-hydrogen) atoms. The van der Waals surface area contributed by atoms with Crippen molar-refractivity contribution >= 4 is 0 Å². The number of hydrogen-bond donors (Lipinski definition) is 0. The van der Waals surface area contributed by atoms with Crippen LogP contribution in [0.5, 0.6) is 0 Å². The number of rotatable bonds is 5. The molecule has 0 unspecified atom stereocenters.